The molecular formula is C15H21NO. The molecule has 92 valence electrons. The molecule has 2 heteroatoms. The molecule has 0 radical (unpaired) electrons. The summed E-state index contributed by atoms with van der Waals surface area (Å²) in [6.07, 6.45) is 5.37. The number of aliphatic hydroxyl groups is 1. The Kier molecular flexibility index (Phi) is 2.62. The van der Waals surface area contributed by atoms with Crippen molar-refractivity contribution in [3.8, 4) is 0 Å². The van der Waals surface area contributed by atoms with Gasteiger partial charge in [0.1, 0.15) is 0 Å². The molecule has 0 amide bonds. The minimum absolute atomic E-state index is 0.215. The lowest BCUT2D eigenvalue weighted by Gasteiger charge is -2.35. The summed E-state index contributed by atoms with van der Waals surface area (Å²) >= 11 is 0. The van der Waals surface area contributed by atoms with E-state index in [1.54, 1.807) is 0 Å². The van der Waals surface area contributed by atoms with Crippen molar-refractivity contribution in [3.63, 3.8) is 0 Å². The van der Waals surface area contributed by atoms with E-state index in [0.717, 1.165) is 19.3 Å². The molecule has 2 N–H and O–H groups in total. The van der Waals surface area contributed by atoms with Crippen LogP contribution >= 0.6 is 0 Å². The van der Waals surface area contributed by atoms with E-state index < -0.39 is 5.60 Å². The SMILES string of the molecule is CCC1CCCC1(O)C1Cc2ccccc2N1. The lowest BCUT2D eigenvalue weighted by molar-refractivity contribution is -0.0149. The number of hydrogen-bond donors (Lipinski definition) is 2. The molecule has 17 heavy (non-hydrogen) atoms. The van der Waals surface area contributed by atoms with E-state index in [-0.39, 0.29) is 6.04 Å². The normalized spacial score (nSPS) is 35.6. The first-order valence-electron chi connectivity index (χ1n) is 6.81. The summed E-state index contributed by atoms with van der Waals surface area (Å²) in [6.45, 7) is 2.20. The molecule has 3 rings (SSSR count). The third-order valence-corrected chi connectivity index (χ3v) is 4.70. The molecule has 1 aliphatic carbocycles. The Labute approximate surface area is 103 Å². The van der Waals surface area contributed by atoms with Crippen molar-refractivity contribution in [3.05, 3.63) is 29.8 Å². The fraction of sp³-hybridized carbons (Fsp3) is 0.600. The maximum Gasteiger partial charge on any atom is 0.0878 e. The van der Waals surface area contributed by atoms with Crippen LogP contribution in [0.15, 0.2) is 24.3 Å². The summed E-state index contributed by atoms with van der Waals surface area (Å²) in [6, 6.07) is 8.64. The Morgan fingerprint density at radius 3 is 3.00 bits per heavy atom. The molecule has 0 bridgehead atoms. The fourth-order valence-electron chi connectivity index (χ4n) is 3.70. The van der Waals surface area contributed by atoms with Gasteiger partial charge in [-0.3, -0.25) is 0 Å². The first kappa shape index (κ1) is 11.1. The highest BCUT2D eigenvalue weighted by molar-refractivity contribution is 5.57. The number of benzene rings is 1. The first-order chi connectivity index (χ1) is 8.24. The summed E-state index contributed by atoms with van der Waals surface area (Å²) in [5.74, 6) is 0.467. The van der Waals surface area contributed by atoms with Crippen molar-refractivity contribution in [1.29, 1.82) is 0 Å². The van der Waals surface area contributed by atoms with Gasteiger partial charge in [-0.15, -0.1) is 0 Å². The van der Waals surface area contributed by atoms with E-state index in [1.807, 2.05) is 0 Å². The highest BCUT2D eigenvalue weighted by Crippen LogP contribution is 2.44. The summed E-state index contributed by atoms with van der Waals surface area (Å²) in [4.78, 5) is 0. The van der Waals surface area contributed by atoms with Crippen LogP contribution in [-0.4, -0.2) is 16.7 Å². The smallest absolute Gasteiger partial charge is 0.0878 e. The summed E-state index contributed by atoms with van der Waals surface area (Å²) in [5, 5.41) is 14.5. The molecule has 2 aliphatic rings. The monoisotopic (exact) mass is 231 g/mol. The van der Waals surface area contributed by atoms with Gasteiger partial charge in [-0.1, -0.05) is 38.0 Å². The number of fused-ring (bicyclic) bond motifs is 1. The van der Waals surface area contributed by atoms with Gasteiger partial charge in [-0.25, -0.2) is 0 Å². The van der Waals surface area contributed by atoms with Gasteiger partial charge in [0, 0.05) is 5.69 Å². The molecule has 1 aromatic carbocycles. The first-order valence-corrected chi connectivity index (χ1v) is 6.81. The van der Waals surface area contributed by atoms with E-state index in [1.165, 1.54) is 24.1 Å². The van der Waals surface area contributed by atoms with Gasteiger partial charge in [-0.05, 0) is 36.8 Å². The summed E-state index contributed by atoms with van der Waals surface area (Å²) in [5.41, 5.74) is 2.08. The number of hydrogen-bond acceptors (Lipinski definition) is 2. The van der Waals surface area contributed by atoms with E-state index >= 15 is 0 Å². The summed E-state index contributed by atoms with van der Waals surface area (Å²) < 4.78 is 0. The molecule has 0 spiro atoms. The quantitative estimate of drug-likeness (QED) is 0.820. The zero-order valence-electron chi connectivity index (χ0n) is 10.4. The van der Waals surface area contributed by atoms with Crippen LogP contribution < -0.4 is 5.32 Å². The van der Waals surface area contributed by atoms with E-state index in [4.69, 9.17) is 0 Å². The largest absolute Gasteiger partial charge is 0.387 e. The summed E-state index contributed by atoms with van der Waals surface area (Å²) in [7, 11) is 0. The zero-order chi connectivity index (χ0) is 11.9. The maximum atomic E-state index is 11.0. The number of rotatable bonds is 2. The van der Waals surface area contributed by atoms with Crippen LogP contribution in [0.25, 0.3) is 0 Å². The molecule has 1 heterocycles. The molecule has 0 saturated heterocycles. The van der Waals surface area contributed by atoms with Gasteiger partial charge in [0.25, 0.3) is 0 Å². The van der Waals surface area contributed by atoms with Crippen LogP contribution in [0, 0.1) is 5.92 Å². The second-order valence-electron chi connectivity index (χ2n) is 5.55. The van der Waals surface area contributed by atoms with Crippen LogP contribution in [0.2, 0.25) is 0 Å². The van der Waals surface area contributed by atoms with Crippen LogP contribution in [0.4, 0.5) is 5.69 Å². The minimum atomic E-state index is -0.492. The van der Waals surface area contributed by atoms with Gasteiger partial charge in [0.15, 0.2) is 0 Å². The second-order valence-corrected chi connectivity index (χ2v) is 5.55. The molecule has 1 fully saturated rings. The molecule has 2 nitrogen and oxygen atoms in total. The molecule has 3 unspecified atom stereocenters. The standard InChI is InChI=1S/C15H21NO/c1-2-12-7-5-9-15(12,17)14-10-11-6-3-4-8-13(11)16-14/h3-4,6,8,12,14,16-17H,2,5,7,9-10H2,1H3. The van der Waals surface area contributed by atoms with Gasteiger partial charge >= 0.3 is 0 Å². The van der Waals surface area contributed by atoms with Gasteiger partial charge in [0.05, 0.1) is 11.6 Å². The van der Waals surface area contributed by atoms with Crippen molar-refractivity contribution < 1.29 is 5.11 Å². The van der Waals surface area contributed by atoms with E-state index in [2.05, 4.69) is 36.5 Å². The Hall–Kier alpha value is -1.02. The maximum absolute atomic E-state index is 11.0. The predicted molar refractivity (Wildman–Crippen MR) is 70.1 cm³/mol. The molecular weight excluding hydrogens is 210 g/mol. The van der Waals surface area contributed by atoms with Crippen LogP contribution in [0.5, 0.6) is 0 Å². The van der Waals surface area contributed by atoms with Crippen LogP contribution in [0.3, 0.4) is 0 Å². The van der Waals surface area contributed by atoms with Crippen molar-refractivity contribution in [1.82, 2.24) is 0 Å². The van der Waals surface area contributed by atoms with Crippen LogP contribution in [-0.2, 0) is 6.42 Å². The number of para-hydroxylation sites is 1. The average Bonchev–Trinajstić information content (AvgIpc) is 2.92. The van der Waals surface area contributed by atoms with Crippen LogP contribution in [0.1, 0.15) is 38.2 Å². The van der Waals surface area contributed by atoms with Crippen molar-refractivity contribution >= 4 is 5.69 Å². The zero-order valence-corrected chi connectivity index (χ0v) is 10.4. The van der Waals surface area contributed by atoms with Crippen molar-refractivity contribution in [2.75, 3.05) is 5.32 Å². The molecule has 1 aromatic rings. The van der Waals surface area contributed by atoms with E-state index in [9.17, 15) is 5.11 Å². The Balaban J connectivity index is 1.84. The Morgan fingerprint density at radius 2 is 2.24 bits per heavy atom. The molecule has 3 atom stereocenters. The van der Waals surface area contributed by atoms with E-state index in [0.29, 0.717) is 5.92 Å². The lowest BCUT2D eigenvalue weighted by atomic mass is 9.81. The molecule has 1 saturated carbocycles. The molecule has 0 aromatic heterocycles. The fourth-order valence-corrected chi connectivity index (χ4v) is 3.70. The van der Waals surface area contributed by atoms with Gasteiger partial charge in [-0.2, -0.15) is 0 Å². The second kappa shape index (κ2) is 4.02. The van der Waals surface area contributed by atoms with Gasteiger partial charge < -0.3 is 10.4 Å². The van der Waals surface area contributed by atoms with Gasteiger partial charge in [0.2, 0.25) is 0 Å². The Bertz CT molecular complexity index is 392. The third kappa shape index (κ3) is 1.66. The predicted octanol–water partition coefficient (Wildman–Crippen LogP) is 2.96. The number of nitrogens with one attached hydrogen (secondary N) is 1. The van der Waals surface area contributed by atoms with Crippen molar-refractivity contribution in [2.45, 2.75) is 50.7 Å². The average molecular weight is 231 g/mol. The number of anilines is 1. The minimum Gasteiger partial charge on any atom is -0.387 e. The topological polar surface area (TPSA) is 32.3 Å². The molecule has 1 aliphatic heterocycles. The van der Waals surface area contributed by atoms with Crippen molar-refractivity contribution in [2.24, 2.45) is 5.92 Å². The Morgan fingerprint density at radius 1 is 1.41 bits per heavy atom. The highest BCUT2D eigenvalue weighted by atomic mass is 16.3. The lowest BCUT2D eigenvalue weighted by Crippen LogP contribution is -2.48. The third-order valence-electron chi connectivity index (χ3n) is 4.70. The highest BCUT2D eigenvalue weighted by Gasteiger charge is 2.47.